The molecule has 0 saturated heterocycles. The largest absolute Gasteiger partial charge is 0.496 e. The van der Waals surface area contributed by atoms with Gasteiger partial charge in [-0.15, -0.1) is 10.2 Å². The fourth-order valence-corrected chi connectivity index (χ4v) is 2.14. The second kappa shape index (κ2) is 5.58. The van der Waals surface area contributed by atoms with Crippen LogP contribution in [0.25, 0.3) is 22.6 Å². The number of carbonyl (C=O) groups is 1. The molecule has 0 radical (unpaired) electrons. The fraction of sp³-hybridized carbons (Fsp3) is 0.0625. The van der Waals surface area contributed by atoms with Gasteiger partial charge in [0.2, 0.25) is 12.3 Å². The average molecular weight is 280 g/mol. The summed E-state index contributed by atoms with van der Waals surface area (Å²) < 4.78 is 10.6. The Labute approximate surface area is 121 Å². The number of ether oxygens (including phenoxy) is 1. The van der Waals surface area contributed by atoms with Crippen molar-refractivity contribution in [3.8, 4) is 28.3 Å². The van der Waals surface area contributed by atoms with Gasteiger partial charge in [-0.3, -0.25) is 4.79 Å². The van der Waals surface area contributed by atoms with Crippen molar-refractivity contribution >= 4 is 6.29 Å². The van der Waals surface area contributed by atoms with Gasteiger partial charge >= 0.3 is 0 Å². The maximum atomic E-state index is 11.0. The third-order valence-electron chi connectivity index (χ3n) is 3.14. The molecule has 3 rings (SSSR count). The SMILES string of the molecule is COc1ccc(C=O)cc1-c1cccc(-c2nnco2)c1. The highest BCUT2D eigenvalue weighted by Crippen LogP contribution is 2.32. The number of aromatic nitrogens is 2. The van der Waals surface area contributed by atoms with Crippen LogP contribution in [-0.4, -0.2) is 23.6 Å². The van der Waals surface area contributed by atoms with Crippen LogP contribution in [0.4, 0.5) is 0 Å². The van der Waals surface area contributed by atoms with Crippen LogP contribution in [0, 0.1) is 0 Å². The maximum absolute atomic E-state index is 11.0. The van der Waals surface area contributed by atoms with E-state index in [-0.39, 0.29) is 0 Å². The van der Waals surface area contributed by atoms with Gasteiger partial charge in [0.1, 0.15) is 12.0 Å². The monoisotopic (exact) mass is 280 g/mol. The molecule has 21 heavy (non-hydrogen) atoms. The minimum absolute atomic E-state index is 0.447. The summed E-state index contributed by atoms with van der Waals surface area (Å²) in [6.07, 6.45) is 2.10. The van der Waals surface area contributed by atoms with Crippen LogP contribution < -0.4 is 4.74 Å². The van der Waals surface area contributed by atoms with E-state index in [9.17, 15) is 4.79 Å². The highest BCUT2D eigenvalue weighted by molar-refractivity contribution is 5.82. The van der Waals surface area contributed by atoms with Gasteiger partial charge < -0.3 is 9.15 Å². The molecule has 0 N–H and O–H groups in total. The molecule has 5 nitrogen and oxygen atoms in total. The van der Waals surface area contributed by atoms with Gasteiger partial charge in [0.15, 0.2) is 0 Å². The van der Waals surface area contributed by atoms with Crippen molar-refractivity contribution in [1.82, 2.24) is 10.2 Å². The summed E-state index contributed by atoms with van der Waals surface area (Å²) >= 11 is 0. The number of hydrogen-bond donors (Lipinski definition) is 0. The van der Waals surface area contributed by atoms with Crippen LogP contribution in [0.3, 0.4) is 0 Å². The molecule has 0 saturated carbocycles. The number of methoxy groups -OCH3 is 1. The van der Waals surface area contributed by atoms with Crippen molar-refractivity contribution in [2.24, 2.45) is 0 Å². The predicted molar refractivity (Wildman–Crippen MR) is 77.1 cm³/mol. The molecule has 0 fully saturated rings. The smallest absolute Gasteiger partial charge is 0.247 e. The number of hydrogen-bond acceptors (Lipinski definition) is 5. The van der Waals surface area contributed by atoms with E-state index in [2.05, 4.69) is 10.2 Å². The summed E-state index contributed by atoms with van der Waals surface area (Å²) in [6, 6.07) is 12.9. The molecule has 1 aromatic heterocycles. The molecule has 3 aromatic rings. The van der Waals surface area contributed by atoms with Crippen LogP contribution in [0.2, 0.25) is 0 Å². The molecule has 0 unspecified atom stereocenters. The van der Waals surface area contributed by atoms with Gasteiger partial charge in [0, 0.05) is 16.7 Å². The van der Waals surface area contributed by atoms with E-state index < -0.39 is 0 Å². The number of rotatable bonds is 4. The van der Waals surface area contributed by atoms with Crippen LogP contribution in [0.5, 0.6) is 5.75 Å². The Morgan fingerprint density at radius 1 is 1.14 bits per heavy atom. The molecule has 0 aliphatic carbocycles. The van der Waals surface area contributed by atoms with E-state index >= 15 is 0 Å². The Morgan fingerprint density at radius 2 is 2.00 bits per heavy atom. The van der Waals surface area contributed by atoms with E-state index in [1.54, 1.807) is 25.3 Å². The first-order valence-corrected chi connectivity index (χ1v) is 6.32. The normalized spacial score (nSPS) is 10.3. The maximum Gasteiger partial charge on any atom is 0.247 e. The lowest BCUT2D eigenvalue weighted by Gasteiger charge is -2.10. The minimum Gasteiger partial charge on any atom is -0.496 e. The minimum atomic E-state index is 0.447. The number of benzene rings is 2. The molecule has 1 heterocycles. The molecule has 0 spiro atoms. The molecule has 0 aliphatic rings. The van der Waals surface area contributed by atoms with Crippen molar-refractivity contribution in [2.75, 3.05) is 7.11 Å². The first-order chi connectivity index (χ1) is 10.3. The molecule has 0 bridgehead atoms. The van der Waals surface area contributed by atoms with E-state index in [1.807, 2.05) is 24.3 Å². The summed E-state index contributed by atoms with van der Waals surface area (Å²) in [6.45, 7) is 0. The lowest BCUT2D eigenvalue weighted by molar-refractivity contribution is 0.112. The average Bonchev–Trinajstić information content (AvgIpc) is 3.09. The van der Waals surface area contributed by atoms with Gasteiger partial charge in [-0.2, -0.15) is 0 Å². The van der Waals surface area contributed by atoms with E-state index in [1.165, 1.54) is 6.39 Å². The zero-order valence-electron chi connectivity index (χ0n) is 11.3. The van der Waals surface area contributed by atoms with Crippen LogP contribution in [0.15, 0.2) is 53.3 Å². The fourth-order valence-electron chi connectivity index (χ4n) is 2.14. The first-order valence-electron chi connectivity index (χ1n) is 6.32. The van der Waals surface area contributed by atoms with Crippen molar-refractivity contribution < 1.29 is 13.9 Å². The van der Waals surface area contributed by atoms with E-state index in [4.69, 9.17) is 9.15 Å². The summed E-state index contributed by atoms with van der Waals surface area (Å²) in [5.74, 6) is 1.14. The summed E-state index contributed by atoms with van der Waals surface area (Å²) in [5.41, 5.74) is 3.15. The van der Waals surface area contributed by atoms with Gasteiger partial charge in [0.05, 0.1) is 7.11 Å². The lowest BCUT2D eigenvalue weighted by atomic mass is 10.00. The highest BCUT2D eigenvalue weighted by atomic mass is 16.5. The standard InChI is InChI=1S/C16H12N2O3/c1-20-15-6-5-11(9-19)7-14(15)12-3-2-4-13(8-12)16-18-17-10-21-16/h2-10H,1H3. The van der Waals surface area contributed by atoms with Crippen molar-refractivity contribution in [2.45, 2.75) is 0 Å². The second-order valence-corrected chi connectivity index (χ2v) is 4.40. The molecular weight excluding hydrogens is 268 g/mol. The lowest BCUT2D eigenvalue weighted by Crippen LogP contribution is -1.91. The van der Waals surface area contributed by atoms with Gasteiger partial charge in [-0.1, -0.05) is 12.1 Å². The first kappa shape index (κ1) is 13.1. The highest BCUT2D eigenvalue weighted by Gasteiger charge is 2.10. The molecule has 104 valence electrons. The summed E-state index contributed by atoms with van der Waals surface area (Å²) in [5, 5.41) is 7.57. The number of aldehydes is 1. The van der Waals surface area contributed by atoms with E-state index in [0.29, 0.717) is 17.2 Å². The molecule has 5 heteroatoms. The Bertz CT molecular complexity index is 767. The molecule has 0 atom stereocenters. The van der Waals surface area contributed by atoms with Gasteiger partial charge in [-0.25, -0.2) is 0 Å². The third kappa shape index (κ3) is 2.53. The van der Waals surface area contributed by atoms with Gasteiger partial charge in [-0.05, 0) is 35.9 Å². The van der Waals surface area contributed by atoms with Crippen LogP contribution in [-0.2, 0) is 0 Å². The predicted octanol–water partition coefficient (Wildman–Crippen LogP) is 3.22. The molecule has 0 aliphatic heterocycles. The topological polar surface area (TPSA) is 65.2 Å². The molecule has 2 aromatic carbocycles. The number of nitrogens with zero attached hydrogens (tertiary/aromatic N) is 2. The Kier molecular flexibility index (Phi) is 3.47. The van der Waals surface area contributed by atoms with Gasteiger partial charge in [0.25, 0.3) is 0 Å². The quantitative estimate of drug-likeness (QED) is 0.686. The number of carbonyl (C=O) groups excluding carboxylic acids is 1. The van der Waals surface area contributed by atoms with Crippen LogP contribution in [0.1, 0.15) is 10.4 Å². The van der Waals surface area contributed by atoms with E-state index in [0.717, 1.165) is 23.0 Å². The Hall–Kier alpha value is -2.95. The zero-order chi connectivity index (χ0) is 14.7. The molecule has 0 amide bonds. The van der Waals surface area contributed by atoms with Crippen LogP contribution >= 0.6 is 0 Å². The van der Waals surface area contributed by atoms with Crippen molar-refractivity contribution in [1.29, 1.82) is 0 Å². The van der Waals surface area contributed by atoms with Crippen molar-refractivity contribution in [3.05, 3.63) is 54.4 Å². The zero-order valence-corrected chi connectivity index (χ0v) is 11.3. The third-order valence-corrected chi connectivity index (χ3v) is 3.14. The second-order valence-electron chi connectivity index (χ2n) is 4.40. The molecular formula is C16H12N2O3. The van der Waals surface area contributed by atoms with Crippen molar-refractivity contribution in [3.63, 3.8) is 0 Å². The summed E-state index contributed by atoms with van der Waals surface area (Å²) in [7, 11) is 1.60. The Balaban J connectivity index is 2.12. The summed E-state index contributed by atoms with van der Waals surface area (Å²) in [4.78, 5) is 11.0. The Morgan fingerprint density at radius 3 is 2.71 bits per heavy atom.